The molecule has 134 valence electrons. The number of nitrogens with one attached hydrogen (secondary N) is 1. The number of hydrogen-bond donors (Lipinski definition) is 1. The first-order valence-corrected chi connectivity index (χ1v) is 9.03. The van der Waals surface area contributed by atoms with Gasteiger partial charge in [-0.1, -0.05) is 45.0 Å². The maximum absolute atomic E-state index is 12.3. The van der Waals surface area contributed by atoms with Gasteiger partial charge < -0.3 is 9.73 Å². The molecule has 1 atom stereocenters. The Hall–Kier alpha value is -2.07. The Morgan fingerprint density at radius 3 is 2.64 bits per heavy atom. The lowest BCUT2D eigenvalue weighted by Crippen LogP contribution is -2.41. The van der Waals surface area contributed by atoms with Crippen LogP contribution in [0, 0.1) is 5.41 Å². The van der Waals surface area contributed by atoms with E-state index in [4.69, 9.17) is 4.42 Å². The zero-order chi connectivity index (χ0) is 17.9. The molecule has 3 rings (SSSR count). The predicted molar refractivity (Wildman–Crippen MR) is 99.1 cm³/mol. The quantitative estimate of drug-likeness (QED) is 0.897. The lowest BCUT2D eigenvalue weighted by Gasteiger charge is -2.34. The molecule has 1 aliphatic heterocycles. The number of benzene rings is 1. The van der Waals surface area contributed by atoms with Gasteiger partial charge in [0.05, 0.1) is 12.3 Å². The first kappa shape index (κ1) is 17.7. The Bertz CT molecular complexity index is 701. The van der Waals surface area contributed by atoms with Gasteiger partial charge in [-0.3, -0.25) is 9.69 Å². The summed E-state index contributed by atoms with van der Waals surface area (Å²) in [4.78, 5) is 14.7. The van der Waals surface area contributed by atoms with Gasteiger partial charge in [-0.15, -0.1) is 0 Å². The lowest BCUT2D eigenvalue weighted by atomic mass is 9.92. The van der Waals surface area contributed by atoms with Crippen molar-refractivity contribution in [2.24, 2.45) is 5.41 Å². The molecule has 4 nitrogen and oxygen atoms in total. The highest BCUT2D eigenvalue weighted by atomic mass is 16.3. The molecule has 0 radical (unpaired) electrons. The summed E-state index contributed by atoms with van der Waals surface area (Å²) in [6.45, 7) is 8.67. The van der Waals surface area contributed by atoms with E-state index in [9.17, 15) is 4.79 Å². The van der Waals surface area contributed by atoms with Crippen LogP contribution in [0.15, 0.2) is 47.1 Å². The second-order valence-electron chi connectivity index (χ2n) is 8.06. The monoisotopic (exact) mass is 340 g/mol. The van der Waals surface area contributed by atoms with Gasteiger partial charge in [-0.05, 0) is 35.1 Å². The fraction of sp³-hybridized carbons (Fsp3) is 0.476. The van der Waals surface area contributed by atoms with Crippen LogP contribution in [0.25, 0.3) is 0 Å². The van der Waals surface area contributed by atoms with Crippen LogP contribution in [0.5, 0.6) is 0 Å². The molecule has 0 unspecified atom stereocenters. The summed E-state index contributed by atoms with van der Waals surface area (Å²) in [6.07, 6.45) is 3.27. The molecule has 0 saturated heterocycles. The molecule has 25 heavy (non-hydrogen) atoms. The van der Waals surface area contributed by atoms with E-state index in [0.717, 1.165) is 25.3 Å². The molecule has 1 aliphatic rings. The average molecular weight is 340 g/mol. The van der Waals surface area contributed by atoms with E-state index in [1.165, 1.54) is 11.1 Å². The number of carbonyl (C=O) groups is 1. The lowest BCUT2D eigenvalue weighted by molar-refractivity contribution is -0.123. The third-order valence-electron chi connectivity index (χ3n) is 4.66. The maximum Gasteiger partial charge on any atom is 0.220 e. The minimum absolute atomic E-state index is 0.00563. The molecule has 2 heterocycles. The van der Waals surface area contributed by atoms with Crippen LogP contribution in [-0.4, -0.2) is 23.9 Å². The number of amides is 1. The number of hydrogen-bond acceptors (Lipinski definition) is 3. The Morgan fingerprint density at radius 2 is 1.96 bits per heavy atom. The molecule has 0 bridgehead atoms. The standard InChI is InChI=1S/C21H28N2O2/c1-21(2,3)13-20(24)22-14-18(19-9-6-12-25-19)23-11-10-16-7-4-5-8-17(16)15-23/h4-9,12,18H,10-11,13-15H2,1-3H3,(H,22,24)/t18-/m1/s1. The van der Waals surface area contributed by atoms with E-state index in [2.05, 4.69) is 55.3 Å². The third-order valence-corrected chi connectivity index (χ3v) is 4.66. The number of fused-ring (bicyclic) bond motifs is 1. The van der Waals surface area contributed by atoms with E-state index in [1.807, 2.05) is 12.1 Å². The van der Waals surface area contributed by atoms with Crippen molar-refractivity contribution in [3.05, 3.63) is 59.5 Å². The van der Waals surface area contributed by atoms with Crippen molar-refractivity contribution in [2.75, 3.05) is 13.1 Å². The highest BCUT2D eigenvalue weighted by Gasteiger charge is 2.27. The Morgan fingerprint density at radius 1 is 1.20 bits per heavy atom. The Balaban J connectivity index is 1.70. The Kier molecular flexibility index (Phi) is 5.28. The summed E-state index contributed by atoms with van der Waals surface area (Å²) >= 11 is 0. The molecule has 1 amide bonds. The largest absolute Gasteiger partial charge is 0.468 e. The van der Waals surface area contributed by atoms with E-state index < -0.39 is 0 Å². The topological polar surface area (TPSA) is 45.5 Å². The van der Waals surface area contributed by atoms with Crippen LogP contribution in [0.2, 0.25) is 0 Å². The molecule has 1 N–H and O–H groups in total. The van der Waals surface area contributed by atoms with Crippen molar-refractivity contribution >= 4 is 5.91 Å². The fourth-order valence-corrected chi connectivity index (χ4v) is 3.43. The summed E-state index contributed by atoms with van der Waals surface area (Å²) in [7, 11) is 0. The molecule has 0 fully saturated rings. The maximum atomic E-state index is 12.3. The molecule has 0 saturated carbocycles. The highest BCUT2D eigenvalue weighted by Crippen LogP contribution is 2.28. The second-order valence-corrected chi connectivity index (χ2v) is 8.06. The van der Waals surface area contributed by atoms with Crippen molar-refractivity contribution in [2.45, 2.75) is 46.2 Å². The summed E-state index contributed by atoms with van der Waals surface area (Å²) in [6, 6.07) is 12.6. The molecule has 2 aromatic rings. The molecule has 4 heteroatoms. The van der Waals surface area contributed by atoms with E-state index in [0.29, 0.717) is 13.0 Å². The van der Waals surface area contributed by atoms with Crippen LogP contribution in [0.1, 0.15) is 50.1 Å². The third kappa shape index (κ3) is 4.73. The molecular formula is C21H28N2O2. The van der Waals surface area contributed by atoms with Crippen LogP contribution < -0.4 is 5.32 Å². The van der Waals surface area contributed by atoms with Gasteiger partial charge in [0, 0.05) is 26.1 Å². The fourth-order valence-electron chi connectivity index (χ4n) is 3.43. The summed E-state index contributed by atoms with van der Waals surface area (Å²) < 4.78 is 5.68. The number of furan rings is 1. The van der Waals surface area contributed by atoms with Crippen LogP contribution in [-0.2, 0) is 17.8 Å². The normalized spacial score (nSPS) is 16.3. The SMILES string of the molecule is CC(C)(C)CC(=O)NC[C@H](c1ccco1)N1CCc2ccccc2C1. The highest BCUT2D eigenvalue weighted by molar-refractivity contribution is 5.76. The zero-order valence-electron chi connectivity index (χ0n) is 15.4. The van der Waals surface area contributed by atoms with Gasteiger partial charge in [0.15, 0.2) is 0 Å². The van der Waals surface area contributed by atoms with Crippen molar-refractivity contribution in [1.29, 1.82) is 0 Å². The number of carbonyl (C=O) groups excluding carboxylic acids is 1. The average Bonchev–Trinajstić information content (AvgIpc) is 3.07. The minimum Gasteiger partial charge on any atom is -0.468 e. The van der Waals surface area contributed by atoms with Crippen molar-refractivity contribution in [1.82, 2.24) is 10.2 Å². The summed E-state index contributed by atoms with van der Waals surface area (Å²) in [5.41, 5.74) is 2.79. The first-order chi connectivity index (χ1) is 11.9. The minimum atomic E-state index is -0.00563. The molecule has 0 aliphatic carbocycles. The van der Waals surface area contributed by atoms with Gasteiger partial charge >= 0.3 is 0 Å². The predicted octanol–water partition coefficient (Wildman–Crippen LogP) is 3.93. The van der Waals surface area contributed by atoms with Crippen molar-refractivity contribution in [3.63, 3.8) is 0 Å². The van der Waals surface area contributed by atoms with Gasteiger partial charge in [0.1, 0.15) is 5.76 Å². The van der Waals surface area contributed by atoms with Crippen molar-refractivity contribution in [3.8, 4) is 0 Å². The Labute approximate surface area is 150 Å². The van der Waals surface area contributed by atoms with Gasteiger partial charge in [0.2, 0.25) is 5.91 Å². The second kappa shape index (κ2) is 7.44. The van der Waals surface area contributed by atoms with Crippen molar-refractivity contribution < 1.29 is 9.21 Å². The summed E-state index contributed by atoms with van der Waals surface area (Å²) in [5.74, 6) is 1.01. The smallest absolute Gasteiger partial charge is 0.220 e. The molecule has 0 spiro atoms. The first-order valence-electron chi connectivity index (χ1n) is 9.03. The van der Waals surface area contributed by atoms with E-state index >= 15 is 0 Å². The molecular weight excluding hydrogens is 312 g/mol. The number of nitrogens with zero attached hydrogens (tertiary/aromatic N) is 1. The molecule has 1 aromatic heterocycles. The zero-order valence-corrected chi connectivity index (χ0v) is 15.4. The van der Waals surface area contributed by atoms with Gasteiger partial charge in [-0.25, -0.2) is 0 Å². The van der Waals surface area contributed by atoms with Gasteiger partial charge in [-0.2, -0.15) is 0 Å². The van der Waals surface area contributed by atoms with Crippen LogP contribution in [0.4, 0.5) is 0 Å². The van der Waals surface area contributed by atoms with E-state index in [1.54, 1.807) is 6.26 Å². The number of rotatable bonds is 5. The molecule has 1 aromatic carbocycles. The van der Waals surface area contributed by atoms with Crippen LogP contribution in [0.3, 0.4) is 0 Å². The van der Waals surface area contributed by atoms with Crippen LogP contribution >= 0.6 is 0 Å². The van der Waals surface area contributed by atoms with Gasteiger partial charge in [0.25, 0.3) is 0 Å². The summed E-state index contributed by atoms with van der Waals surface area (Å²) in [5, 5.41) is 3.11. The van der Waals surface area contributed by atoms with E-state index in [-0.39, 0.29) is 17.4 Å².